The third-order valence-electron chi connectivity index (χ3n) is 7.69. The van der Waals surface area contributed by atoms with Crippen molar-refractivity contribution in [3.05, 3.63) is 80.8 Å². The lowest BCUT2D eigenvalue weighted by molar-refractivity contribution is 0.0524. The summed E-state index contributed by atoms with van der Waals surface area (Å²) < 4.78 is 18.5. The van der Waals surface area contributed by atoms with Gasteiger partial charge in [0.25, 0.3) is 0 Å². The fourth-order valence-electron chi connectivity index (χ4n) is 5.59. The van der Waals surface area contributed by atoms with Crippen LogP contribution in [0.5, 0.6) is 11.5 Å². The SMILES string of the molecule is CCOC(=O)c1cn(C2CCCCC2)c2cc(C#Cc3cc(Cc4cnc(N)nc4N)cc(OC)c3OC)ccc2c1=O. The minimum Gasteiger partial charge on any atom is -0.493 e. The lowest BCUT2D eigenvalue weighted by atomic mass is 9.94. The number of carbonyl (C=O) groups excluding carboxylic acids is 1. The molecule has 5 rings (SSSR count). The van der Waals surface area contributed by atoms with Crippen molar-refractivity contribution in [3.8, 4) is 23.3 Å². The van der Waals surface area contributed by atoms with Gasteiger partial charge in [-0.3, -0.25) is 4.79 Å². The van der Waals surface area contributed by atoms with Crippen molar-refractivity contribution in [3.63, 3.8) is 0 Å². The van der Waals surface area contributed by atoms with Gasteiger partial charge in [-0.2, -0.15) is 4.98 Å². The van der Waals surface area contributed by atoms with Crippen LogP contribution in [-0.4, -0.2) is 41.3 Å². The topological polar surface area (TPSA) is 145 Å². The number of pyridine rings is 1. The van der Waals surface area contributed by atoms with Crippen LogP contribution >= 0.6 is 0 Å². The minimum absolute atomic E-state index is 0.0551. The zero-order valence-corrected chi connectivity index (χ0v) is 24.6. The third-order valence-corrected chi connectivity index (χ3v) is 7.69. The number of benzene rings is 2. The molecule has 4 N–H and O–H groups in total. The first-order valence-electron chi connectivity index (χ1n) is 14.3. The van der Waals surface area contributed by atoms with E-state index in [0.29, 0.717) is 40.3 Å². The number of aromatic nitrogens is 3. The summed E-state index contributed by atoms with van der Waals surface area (Å²) in [5.74, 6) is 7.31. The van der Waals surface area contributed by atoms with Gasteiger partial charge in [0.15, 0.2) is 11.5 Å². The first-order chi connectivity index (χ1) is 20.8. The molecule has 2 aromatic heterocycles. The van der Waals surface area contributed by atoms with Crippen LogP contribution in [0.3, 0.4) is 0 Å². The number of methoxy groups -OCH3 is 2. The van der Waals surface area contributed by atoms with Crippen molar-refractivity contribution in [1.82, 2.24) is 14.5 Å². The van der Waals surface area contributed by atoms with Crippen molar-refractivity contribution in [2.24, 2.45) is 0 Å². The molecule has 1 saturated carbocycles. The Labute approximate surface area is 250 Å². The largest absolute Gasteiger partial charge is 0.493 e. The summed E-state index contributed by atoms with van der Waals surface area (Å²) >= 11 is 0. The van der Waals surface area contributed by atoms with Gasteiger partial charge >= 0.3 is 5.97 Å². The van der Waals surface area contributed by atoms with Crippen molar-refractivity contribution in [2.45, 2.75) is 51.5 Å². The Morgan fingerprint density at radius 2 is 1.86 bits per heavy atom. The third kappa shape index (κ3) is 6.26. The summed E-state index contributed by atoms with van der Waals surface area (Å²) in [7, 11) is 3.13. The number of anilines is 2. The molecule has 10 heteroatoms. The summed E-state index contributed by atoms with van der Waals surface area (Å²) in [6.07, 6.45) is 9.03. The van der Waals surface area contributed by atoms with Crippen molar-refractivity contribution in [2.75, 3.05) is 32.3 Å². The summed E-state index contributed by atoms with van der Waals surface area (Å²) in [5, 5.41) is 0.464. The fourth-order valence-corrected chi connectivity index (χ4v) is 5.59. The molecule has 0 unspecified atom stereocenters. The van der Waals surface area contributed by atoms with Crippen LogP contribution in [-0.2, 0) is 11.2 Å². The van der Waals surface area contributed by atoms with Crippen LogP contribution in [0.2, 0.25) is 0 Å². The molecule has 0 saturated heterocycles. The van der Waals surface area contributed by atoms with Gasteiger partial charge in [0.1, 0.15) is 11.4 Å². The van der Waals surface area contributed by atoms with Gasteiger partial charge in [0, 0.05) is 41.4 Å². The zero-order chi connectivity index (χ0) is 30.5. The van der Waals surface area contributed by atoms with Crippen LogP contribution in [0.4, 0.5) is 11.8 Å². The molecule has 0 radical (unpaired) electrons. The van der Waals surface area contributed by atoms with Crippen LogP contribution in [0.15, 0.2) is 47.5 Å². The fraction of sp³-hybridized carbons (Fsp3) is 0.333. The lowest BCUT2D eigenvalue weighted by Crippen LogP contribution is -2.23. The number of ether oxygens (including phenoxy) is 3. The second kappa shape index (κ2) is 12.9. The molecule has 0 amide bonds. The molecule has 43 heavy (non-hydrogen) atoms. The van der Waals surface area contributed by atoms with E-state index in [4.69, 9.17) is 25.7 Å². The molecular weight excluding hydrogens is 546 g/mol. The second-order valence-corrected chi connectivity index (χ2v) is 10.5. The van der Waals surface area contributed by atoms with E-state index in [1.165, 1.54) is 6.42 Å². The molecule has 0 atom stereocenters. The van der Waals surface area contributed by atoms with E-state index in [1.54, 1.807) is 45.7 Å². The van der Waals surface area contributed by atoms with Crippen LogP contribution in [0.25, 0.3) is 10.9 Å². The minimum atomic E-state index is -0.601. The van der Waals surface area contributed by atoms with Crippen LogP contribution in [0.1, 0.15) is 77.7 Å². The number of esters is 1. The van der Waals surface area contributed by atoms with Gasteiger partial charge in [0.05, 0.1) is 31.9 Å². The first-order valence-corrected chi connectivity index (χ1v) is 14.3. The molecule has 10 nitrogen and oxygen atoms in total. The maximum atomic E-state index is 13.3. The van der Waals surface area contributed by atoms with Gasteiger partial charge in [0.2, 0.25) is 11.4 Å². The van der Waals surface area contributed by atoms with Gasteiger partial charge in [-0.1, -0.05) is 31.1 Å². The zero-order valence-electron chi connectivity index (χ0n) is 24.6. The number of hydrogen-bond acceptors (Lipinski definition) is 9. The molecule has 1 aliphatic carbocycles. The number of fused-ring (bicyclic) bond motifs is 1. The number of nitrogen functional groups attached to an aromatic ring is 2. The Kier molecular flexibility index (Phi) is 8.81. The van der Waals surface area contributed by atoms with E-state index in [-0.39, 0.29) is 29.6 Å². The highest BCUT2D eigenvalue weighted by molar-refractivity contribution is 5.94. The van der Waals surface area contributed by atoms with E-state index in [0.717, 1.165) is 42.3 Å². The Balaban J connectivity index is 1.59. The second-order valence-electron chi connectivity index (χ2n) is 10.5. The Hall–Kier alpha value is -5.04. The van der Waals surface area contributed by atoms with Gasteiger partial charge in [-0.15, -0.1) is 0 Å². The Morgan fingerprint density at radius 3 is 2.56 bits per heavy atom. The normalized spacial score (nSPS) is 13.3. The highest BCUT2D eigenvalue weighted by Crippen LogP contribution is 2.34. The highest BCUT2D eigenvalue weighted by Gasteiger charge is 2.22. The standard InChI is InChI=1S/C33H35N5O5/c1-4-43-32(40)26-19-38(24-8-6-5-7-9-24)27-16-20(11-13-25(27)29(26)39)10-12-22-14-21(17-28(41-2)30(22)42-3)15-23-18-36-33(35)37-31(23)34/h11,13-14,16-19,24H,4-9,15H2,1-3H3,(H4,34,35,36,37). The Morgan fingerprint density at radius 1 is 1.07 bits per heavy atom. The van der Waals surface area contributed by atoms with E-state index in [1.807, 2.05) is 18.2 Å². The number of carbonyl (C=O) groups is 1. The molecule has 1 fully saturated rings. The number of rotatable bonds is 7. The monoisotopic (exact) mass is 581 g/mol. The molecule has 4 aromatic rings. The van der Waals surface area contributed by atoms with Crippen molar-refractivity contribution < 1.29 is 19.0 Å². The molecular formula is C33H35N5O5. The Bertz CT molecular complexity index is 1800. The molecule has 2 heterocycles. The number of nitrogens with zero attached hydrogens (tertiary/aromatic N) is 3. The molecule has 222 valence electrons. The first kappa shape index (κ1) is 29.5. The number of hydrogen-bond donors (Lipinski definition) is 2. The maximum absolute atomic E-state index is 13.3. The van der Waals surface area contributed by atoms with Gasteiger partial charge in [-0.05, 0) is 55.7 Å². The van der Waals surface area contributed by atoms with E-state index >= 15 is 0 Å². The van der Waals surface area contributed by atoms with Gasteiger partial charge in [-0.25, -0.2) is 9.78 Å². The van der Waals surface area contributed by atoms with Crippen molar-refractivity contribution in [1.29, 1.82) is 0 Å². The molecule has 0 aliphatic heterocycles. The molecule has 2 aromatic carbocycles. The predicted molar refractivity (Wildman–Crippen MR) is 165 cm³/mol. The van der Waals surface area contributed by atoms with E-state index < -0.39 is 5.97 Å². The summed E-state index contributed by atoms with van der Waals surface area (Å²) in [6.45, 7) is 1.93. The summed E-state index contributed by atoms with van der Waals surface area (Å²) in [5.41, 5.74) is 15.1. The molecule has 0 bridgehead atoms. The lowest BCUT2D eigenvalue weighted by Gasteiger charge is -2.27. The smallest absolute Gasteiger partial charge is 0.343 e. The quantitative estimate of drug-likeness (QED) is 0.235. The average Bonchev–Trinajstić information content (AvgIpc) is 3.01. The highest BCUT2D eigenvalue weighted by atomic mass is 16.5. The van der Waals surface area contributed by atoms with Crippen LogP contribution < -0.4 is 26.4 Å². The van der Waals surface area contributed by atoms with E-state index in [2.05, 4.69) is 26.4 Å². The van der Waals surface area contributed by atoms with E-state index in [9.17, 15) is 9.59 Å². The predicted octanol–water partition coefficient (Wildman–Crippen LogP) is 4.65. The number of nitrogens with two attached hydrogens (primary N) is 2. The van der Waals surface area contributed by atoms with Crippen molar-refractivity contribution >= 4 is 28.6 Å². The van der Waals surface area contributed by atoms with Crippen LogP contribution in [0, 0.1) is 11.8 Å². The molecule has 0 spiro atoms. The summed E-state index contributed by atoms with van der Waals surface area (Å²) in [4.78, 5) is 34.1. The molecule has 1 aliphatic rings. The van der Waals surface area contributed by atoms with Gasteiger partial charge < -0.3 is 30.2 Å². The maximum Gasteiger partial charge on any atom is 0.343 e. The summed E-state index contributed by atoms with van der Waals surface area (Å²) in [6, 6.07) is 9.39. The average molecular weight is 582 g/mol.